The van der Waals surface area contributed by atoms with Gasteiger partial charge in [-0.25, -0.2) is 15.4 Å². The number of carbonyl (C=O) groups is 1. The van der Waals surface area contributed by atoms with Gasteiger partial charge in [-0.15, -0.1) is 0 Å². The summed E-state index contributed by atoms with van der Waals surface area (Å²) in [5.74, 6) is 0.152. The van der Waals surface area contributed by atoms with Crippen LogP contribution in [0, 0.1) is 22.7 Å². The quantitative estimate of drug-likeness (QED) is 0.115. The number of rotatable bonds is 9. The maximum Gasteiger partial charge on any atom is 0.267 e. The number of phenols is 1. The molecule has 248 valence electrons. The number of nitriles is 2. The number of nitrogens with zero attached hydrogens (tertiary/aromatic N) is 6. The summed E-state index contributed by atoms with van der Waals surface area (Å²) in [7, 11) is 0. The van der Waals surface area contributed by atoms with Gasteiger partial charge in [0.1, 0.15) is 35.0 Å². The summed E-state index contributed by atoms with van der Waals surface area (Å²) in [4.78, 5) is 24.6. The zero-order chi connectivity index (χ0) is 34.2. The number of ether oxygens (including phenoxy) is 1. The number of pyridine rings is 2. The average molecular weight is 657 g/mol. The fourth-order valence-corrected chi connectivity index (χ4v) is 6.25. The highest BCUT2D eigenvalue weighted by molar-refractivity contribution is 5.91. The molecule has 49 heavy (non-hydrogen) atoms. The van der Waals surface area contributed by atoms with E-state index in [-0.39, 0.29) is 17.5 Å². The van der Waals surface area contributed by atoms with Crippen molar-refractivity contribution in [1.29, 1.82) is 10.5 Å². The molecule has 0 saturated carbocycles. The highest BCUT2D eigenvalue weighted by Crippen LogP contribution is 2.41. The molecule has 0 bridgehead atoms. The topological polar surface area (TPSA) is 171 Å². The van der Waals surface area contributed by atoms with Gasteiger partial charge in [0.05, 0.1) is 18.9 Å². The van der Waals surface area contributed by atoms with Crippen molar-refractivity contribution in [3.8, 4) is 40.1 Å². The number of phenolic OH excluding ortho intramolecular Hbond substituents is 1. The number of amides is 1. The van der Waals surface area contributed by atoms with Gasteiger partial charge in [0, 0.05) is 73.9 Å². The monoisotopic (exact) mass is 656 g/mol. The molecule has 0 spiro atoms. The van der Waals surface area contributed by atoms with E-state index in [1.165, 1.54) is 6.08 Å². The molecule has 0 radical (unpaired) electrons. The van der Waals surface area contributed by atoms with Crippen molar-refractivity contribution in [2.45, 2.75) is 25.4 Å². The smallest absolute Gasteiger partial charge is 0.267 e. The van der Waals surface area contributed by atoms with Crippen molar-refractivity contribution in [1.82, 2.24) is 20.8 Å². The van der Waals surface area contributed by atoms with Crippen LogP contribution in [0.15, 0.2) is 73.1 Å². The molecule has 4 heterocycles. The minimum Gasteiger partial charge on any atom is -0.506 e. The van der Waals surface area contributed by atoms with Crippen molar-refractivity contribution in [3.05, 3.63) is 95.5 Å². The van der Waals surface area contributed by atoms with E-state index in [1.54, 1.807) is 42.1 Å². The zero-order valence-corrected chi connectivity index (χ0v) is 26.8. The molecule has 4 N–H and O–H groups in total. The third kappa shape index (κ3) is 7.69. The Bertz CT molecular complexity index is 1900. The number of hydroxylamine groups is 1. The van der Waals surface area contributed by atoms with E-state index in [0.717, 1.165) is 29.7 Å². The van der Waals surface area contributed by atoms with Gasteiger partial charge in [-0.1, -0.05) is 30.3 Å². The standard InChI is InChI=1S/C37H36N8O4/c38-20-30-8-6-28(23-41-30)36-31(21-39)37(42-24-32(36)27-7-9-33(34(46)19-27)44-15-17-49-18-16-44)45-13-11-29(12-14-45)40-22-26-3-1-25(2-4-26)5-10-35(47)43-48/h1-10,19,23-24,29,40,46,48H,11-18,22H2,(H,43,47)/b10-5+. The largest absolute Gasteiger partial charge is 0.506 e. The van der Waals surface area contributed by atoms with Crippen LogP contribution in [0.4, 0.5) is 11.5 Å². The summed E-state index contributed by atoms with van der Waals surface area (Å²) in [5, 5.41) is 43.3. The molecular formula is C37H36N8O4. The number of piperidine rings is 1. The van der Waals surface area contributed by atoms with Crippen LogP contribution in [-0.4, -0.2) is 71.6 Å². The van der Waals surface area contributed by atoms with Crippen LogP contribution in [-0.2, 0) is 16.1 Å². The molecule has 2 aromatic carbocycles. The van der Waals surface area contributed by atoms with Crippen molar-refractivity contribution >= 4 is 23.5 Å². The lowest BCUT2D eigenvalue weighted by Gasteiger charge is -2.34. The highest BCUT2D eigenvalue weighted by atomic mass is 16.5. The van der Waals surface area contributed by atoms with Crippen LogP contribution in [0.2, 0.25) is 0 Å². The molecule has 2 aliphatic heterocycles. The van der Waals surface area contributed by atoms with Crippen LogP contribution in [0.5, 0.6) is 5.75 Å². The fraction of sp³-hybridized carbons (Fsp3) is 0.270. The Morgan fingerprint density at radius 1 is 0.939 bits per heavy atom. The number of carbonyl (C=O) groups excluding carboxylic acids is 1. The fourth-order valence-electron chi connectivity index (χ4n) is 6.25. The third-order valence-electron chi connectivity index (χ3n) is 8.88. The first kappa shape index (κ1) is 33.1. The molecule has 4 aromatic rings. The molecule has 2 saturated heterocycles. The van der Waals surface area contributed by atoms with Gasteiger partial charge in [0.2, 0.25) is 0 Å². The molecule has 0 atom stereocenters. The summed E-state index contributed by atoms with van der Waals surface area (Å²) in [6, 6.07) is 21.5. The van der Waals surface area contributed by atoms with Gasteiger partial charge in [0.15, 0.2) is 0 Å². The van der Waals surface area contributed by atoms with E-state index in [1.807, 2.05) is 36.4 Å². The van der Waals surface area contributed by atoms with E-state index in [0.29, 0.717) is 79.6 Å². The summed E-state index contributed by atoms with van der Waals surface area (Å²) < 4.78 is 5.46. The molecule has 1 amide bonds. The SMILES string of the molecule is N#Cc1ccc(-c2c(-c3ccc(N4CCOCC4)c(O)c3)cnc(N3CCC(NCc4ccc(/C=C/C(=O)NO)cc4)CC3)c2C#N)cn1. The molecule has 12 nitrogen and oxygen atoms in total. The Hall–Kier alpha value is -5.79. The van der Waals surface area contributed by atoms with Crippen molar-refractivity contribution < 1.29 is 19.8 Å². The number of nitrogens with one attached hydrogen (secondary N) is 2. The molecule has 2 aliphatic rings. The zero-order valence-electron chi connectivity index (χ0n) is 26.8. The first-order valence-corrected chi connectivity index (χ1v) is 16.1. The summed E-state index contributed by atoms with van der Waals surface area (Å²) in [5.41, 5.74) is 7.69. The molecule has 2 fully saturated rings. The van der Waals surface area contributed by atoms with Gasteiger partial charge in [0.25, 0.3) is 5.91 Å². The third-order valence-corrected chi connectivity index (χ3v) is 8.88. The Balaban J connectivity index is 1.21. The number of hydrogen-bond donors (Lipinski definition) is 4. The van der Waals surface area contributed by atoms with Gasteiger partial charge in [-0.3, -0.25) is 10.0 Å². The Kier molecular flexibility index (Phi) is 10.4. The number of hydrogen-bond acceptors (Lipinski definition) is 11. The molecule has 12 heteroatoms. The van der Waals surface area contributed by atoms with Crippen LogP contribution >= 0.6 is 0 Å². The minimum atomic E-state index is -0.581. The first-order valence-electron chi connectivity index (χ1n) is 16.1. The minimum absolute atomic E-state index is 0.139. The van der Waals surface area contributed by atoms with Crippen LogP contribution in [0.1, 0.15) is 35.2 Å². The average Bonchev–Trinajstić information content (AvgIpc) is 3.16. The summed E-state index contributed by atoms with van der Waals surface area (Å²) in [6.45, 7) is 4.68. The maximum atomic E-state index is 11.2. The number of benzene rings is 2. The van der Waals surface area contributed by atoms with Crippen LogP contribution in [0.3, 0.4) is 0 Å². The van der Waals surface area contributed by atoms with Crippen molar-refractivity contribution in [3.63, 3.8) is 0 Å². The van der Waals surface area contributed by atoms with E-state index in [4.69, 9.17) is 14.9 Å². The van der Waals surface area contributed by atoms with Gasteiger partial charge < -0.3 is 25.0 Å². The lowest BCUT2D eigenvalue weighted by molar-refractivity contribution is -0.124. The van der Waals surface area contributed by atoms with Gasteiger partial charge >= 0.3 is 0 Å². The Labute approximate surface area is 284 Å². The van der Waals surface area contributed by atoms with Crippen molar-refractivity contribution in [2.75, 3.05) is 49.2 Å². The van der Waals surface area contributed by atoms with Gasteiger partial charge in [-0.05, 0) is 59.9 Å². The van der Waals surface area contributed by atoms with E-state index in [2.05, 4.69) is 32.2 Å². The Morgan fingerprint density at radius 3 is 2.35 bits per heavy atom. The predicted molar refractivity (Wildman–Crippen MR) is 185 cm³/mol. The first-order chi connectivity index (χ1) is 24.0. The second kappa shape index (κ2) is 15.4. The second-order valence-electron chi connectivity index (χ2n) is 11.9. The molecular weight excluding hydrogens is 620 g/mol. The second-order valence-corrected chi connectivity index (χ2v) is 11.9. The molecule has 2 aromatic heterocycles. The van der Waals surface area contributed by atoms with E-state index in [9.17, 15) is 20.4 Å². The van der Waals surface area contributed by atoms with Gasteiger partial charge in [-0.2, -0.15) is 10.5 Å². The normalized spacial score (nSPS) is 15.2. The van der Waals surface area contributed by atoms with E-state index < -0.39 is 5.91 Å². The van der Waals surface area contributed by atoms with Crippen LogP contribution < -0.4 is 20.6 Å². The maximum absolute atomic E-state index is 11.2. The molecule has 6 rings (SSSR count). The predicted octanol–water partition coefficient (Wildman–Crippen LogP) is 4.37. The highest BCUT2D eigenvalue weighted by Gasteiger charge is 2.26. The lowest BCUT2D eigenvalue weighted by atomic mass is 9.92. The summed E-state index contributed by atoms with van der Waals surface area (Å²) >= 11 is 0. The number of aromatic hydroxyl groups is 1. The van der Waals surface area contributed by atoms with Crippen LogP contribution in [0.25, 0.3) is 28.3 Å². The molecule has 0 unspecified atom stereocenters. The lowest BCUT2D eigenvalue weighted by Crippen LogP contribution is -2.42. The number of morpholine rings is 1. The summed E-state index contributed by atoms with van der Waals surface area (Å²) in [6.07, 6.45) is 7.97. The molecule has 0 aliphatic carbocycles. The van der Waals surface area contributed by atoms with Crippen molar-refractivity contribution in [2.24, 2.45) is 0 Å². The van der Waals surface area contributed by atoms with E-state index >= 15 is 0 Å². The number of anilines is 2. The Morgan fingerprint density at radius 2 is 1.69 bits per heavy atom. The number of aromatic nitrogens is 2.